The van der Waals surface area contributed by atoms with Crippen molar-refractivity contribution in [3.05, 3.63) is 36.0 Å². The molecule has 15 heavy (non-hydrogen) atoms. The Kier molecular flexibility index (Phi) is 2.33. The molecule has 1 aromatic carbocycles. The second kappa shape index (κ2) is 3.65. The fourth-order valence-corrected chi connectivity index (χ4v) is 1.51. The number of hydrogen-bond acceptors (Lipinski definition) is 3. The average molecular weight is 202 g/mol. The minimum atomic E-state index is -0.854. The zero-order valence-electron chi connectivity index (χ0n) is 8.21. The number of aromatic nitrogens is 2. The van der Waals surface area contributed by atoms with E-state index in [-0.39, 0.29) is 0 Å². The van der Waals surface area contributed by atoms with Crippen molar-refractivity contribution in [3.63, 3.8) is 0 Å². The van der Waals surface area contributed by atoms with Gasteiger partial charge in [0.25, 0.3) is 0 Å². The molecule has 4 heteroatoms. The lowest BCUT2D eigenvalue weighted by atomic mass is 9.99. The number of hydrogen-bond donors (Lipinski definition) is 1. The molecule has 76 valence electrons. The first-order valence-corrected chi connectivity index (χ1v) is 4.63. The van der Waals surface area contributed by atoms with Crippen LogP contribution in [0.2, 0.25) is 0 Å². The summed E-state index contributed by atoms with van der Waals surface area (Å²) in [6.07, 6.45) is 1.52. The normalized spacial score (nSPS) is 12.6. The lowest BCUT2D eigenvalue weighted by Crippen LogP contribution is -2.08. The zero-order chi connectivity index (χ0) is 10.8. The molecule has 0 aliphatic rings. The van der Waals surface area contributed by atoms with Crippen molar-refractivity contribution in [2.75, 3.05) is 0 Å². The van der Waals surface area contributed by atoms with Gasteiger partial charge in [-0.15, -0.1) is 0 Å². The molecule has 2 aromatic rings. The second-order valence-corrected chi connectivity index (χ2v) is 3.38. The summed E-state index contributed by atoms with van der Waals surface area (Å²) in [5.74, 6) is -1.42. The number of aliphatic carboxylic acids is 1. The van der Waals surface area contributed by atoms with E-state index in [1.165, 1.54) is 6.20 Å². The third-order valence-electron chi connectivity index (χ3n) is 2.41. The largest absolute Gasteiger partial charge is 0.481 e. The summed E-state index contributed by atoms with van der Waals surface area (Å²) in [5.41, 5.74) is 1.43. The molecule has 0 aliphatic heterocycles. The van der Waals surface area contributed by atoms with Crippen LogP contribution in [0.1, 0.15) is 18.4 Å². The van der Waals surface area contributed by atoms with Crippen molar-refractivity contribution < 1.29 is 9.90 Å². The Hall–Kier alpha value is -1.97. The van der Waals surface area contributed by atoms with Crippen molar-refractivity contribution in [3.8, 4) is 0 Å². The van der Waals surface area contributed by atoms with Gasteiger partial charge in [0.1, 0.15) is 0 Å². The summed E-state index contributed by atoms with van der Waals surface area (Å²) in [6, 6.07) is 7.40. The highest BCUT2D eigenvalue weighted by molar-refractivity contribution is 5.87. The molecule has 0 amide bonds. The zero-order valence-corrected chi connectivity index (χ0v) is 8.21. The van der Waals surface area contributed by atoms with E-state index in [2.05, 4.69) is 10.2 Å². The predicted octanol–water partition coefficient (Wildman–Crippen LogP) is 1.82. The minimum Gasteiger partial charge on any atom is -0.481 e. The fourth-order valence-electron chi connectivity index (χ4n) is 1.51. The lowest BCUT2D eigenvalue weighted by Gasteiger charge is -2.08. The molecule has 4 nitrogen and oxygen atoms in total. The Morgan fingerprint density at radius 2 is 2.13 bits per heavy atom. The van der Waals surface area contributed by atoms with Crippen LogP contribution in [0.3, 0.4) is 0 Å². The number of carbonyl (C=O) groups is 1. The summed E-state index contributed by atoms with van der Waals surface area (Å²) in [4.78, 5) is 10.9. The molecule has 0 radical (unpaired) electrons. The molecule has 1 aromatic heterocycles. The van der Waals surface area contributed by atoms with Crippen molar-refractivity contribution in [2.24, 2.45) is 0 Å². The molecular weight excluding hydrogens is 192 g/mol. The van der Waals surface area contributed by atoms with Crippen LogP contribution in [0.5, 0.6) is 0 Å². The van der Waals surface area contributed by atoms with Crippen LogP contribution >= 0.6 is 0 Å². The van der Waals surface area contributed by atoms with E-state index in [1.807, 2.05) is 24.3 Å². The standard InChI is InChI=1S/C11H10N2O2/c1-7(11(14)15)9-6-12-13-10-5-3-2-4-8(9)10/h2-7H,1H3,(H,14,15). The molecule has 0 spiro atoms. The van der Waals surface area contributed by atoms with Gasteiger partial charge in [0.15, 0.2) is 0 Å². The highest BCUT2D eigenvalue weighted by Gasteiger charge is 2.16. The average Bonchev–Trinajstić information content (AvgIpc) is 2.27. The van der Waals surface area contributed by atoms with Crippen molar-refractivity contribution in [1.29, 1.82) is 0 Å². The minimum absolute atomic E-state index is 0.564. The smallest absolute Gasteiger partial charge is 0.310 e. The summed E-state index contributed by atoms with van der Waals surface area (Å²) in [5, 5.41) is 17.5. The monoisotopic (exact) mass is 202 g/mol. The molecule has 1 atom stereocenters. The fraction of sp³-hybridized carbons (Fsp3) is 0.182. The van der Waals surface area contributed by atoms with E-state index in [9.17, 15) is 4.79 Å². The van der Waals surface area contributed by atoms with Crippen LogP contribution in [-0.4, -0.2) is 21.3 Å². The Morgan fingerprint density at radius 1 is 1.40 bits per heavy atom. The van der Waals surface area contributed by atoms with Crippen molar-refractivity contribution in [2.45, 2.75) is 12.8 Å². The van der Waals surface area contributed by atoms with Crippen LogP contribution < -0.4 is 0 Å². The first-order chi connectivity index (χ1) is 7.20. The van der Waals surface area contributed by atoms with Crippen molar-refractivity contribution >= 4 is 16.9 Å². The third kappa shape index (κ3) is 1.66. The van der Waals surface area contributed by atoms with Gasteiger partial charge in [-0.3, -0.25) is 4.79 Å². The van der Waals surface area contributed by atoms with Gasteiger partial charge in [-0.25, -0.2) is 0 Å². The SMILES string of the molecule is CC(C(=O)O)c1cnnc2ccccc12. The van der Waals surface area contributed by atoms with Gasteiger partial charge < -0.3 is 5.11 Å². The lowest BCUT2D eigenvalue weighted by molar-refractivity contribution is -0.138. The molecule has 1 unspecified atom stereocenters. The van der Waals surface area contributed by atoms with Crippen LogP contribution in [0.15, 0.2) is 30.5 Å². The summed E-state index contributed by atoms with van der Waals surface area (Å²) in [7, 11) is 0. The molecule has 2 rings (SSSR count). The first kappa shape index (κ1) is 9.58. The molecule has 0 saturated heterocycles. The van der Waals surface area contributed by atoms with Crippen LogP contribution in [0.25, 0.3) is 10.9 Å². The Labute approximate surface area is 86.6 Å². The van der Waals surface area contributed by atoms with Gasteiger partial charge in [-0.05, 0) is 18.6 Å². The Morgan fingerprint density at radius 3 is 2.87 bits per heavy atom. The highest BCUT2D eigenvalue weighted by atomic mass is 16.4. The highest BCUT2D eigenvalue weighted by Crippen LogP contribution is 2.22. The van der Waals surface area contributed by atoms with E-state index in [0.29, 0.717) is 5.56 Å². The van der Waals surface area contributed by atoms with Crippen LogP contribution in [0, 0.1) is 0 Å². The third-order valence-corrected chi connectivity index (χ3v) is 2.41. The number of fused-ring (bicyclic) bond motifs is 1. The maximum absolute atomic E-state index is 10.9. The molecular formula is C11H10N2O2. The van der Waals surface area contributed by atoms with E-state index in [1.54, 1.807) is 6.92 Å². The number of carboxylic acid groups (broad SMARTS) is 1. The van der Waals surface area contributed by atoms with Gasteiger partial charge in [0.2, 0.25) is 0 Å². The van der Waals surface area contributed by atoms with E-state index in [4.69, 9.17) is 5.11 Å². The van der Waals surface area contributed by atoms with E-state index in [0.717, 1.165) is 10.9 Å². The molecule has 1 N–H and O–H groups in total. The van der Waals surface area contributed by atoms with Gasteiger partial charge in [0.05, 0.1) is 17.6 Å². The van der Waals surface area contributed by atoms with Gasteiger partial charge >= 0.3 is 5.97 Å². The molecule has 0 aliphatic carbocycles. The number of nitrogens with zero attached hydrogens (tertiary/aromatic N) is 2. The Balaban J connectivity index is 2.65. The molecule has 0 fully saturated rings. The number of carboxylic acids is 1. The topological polar surface area (TPSA) is 63.1 Å². The summed E-state index contributed by atoms with van der Waals surface area (Å²) < 4.78 is 0. The van der Waals surface area contributed by atoms with Crippen molar-refractivity contribution in [1.82, 2.24) is 10.2 Å². The van der Waals surface area contributed by atoms with E-state index >= 15 is 0 Å². The number of rotatable bonds is 2. The van der Waals surface area contributed by atoms with Crippen LogP contribution in [0.4, 0.5) is 0 Å². The second-order valence-electron chi connectivity index (χ2n) is 3.38. The van der Waals surface area contributed by atoms with E-state index < -0.39 is 11.9 Å². The molecule has 1 heterocycles. The van der Waals surface area contributed by atoms with Gasteiger partial charge in [0, 0.05) is 5.39 Å². The maximum Gasteiger partial charge on any atom is 0.310 e. The molecule has 0 bridgehead atoms. The first-order valence-electron chi connectivity index (χ1n) is 4.63. The maximum atomic E-state index is 10.9. The predicted molar refractivity (Wildman–Crippen MR) is 55.6 cm³/mol. The summed E-state index contributed by atoms with van der Waals surface area (Å²) in [6.45, 7) is 1.64. The summed E-state index contributed by atoms with van der Waals surface area (Å²) >= 11 is 0. The molecule has 0 saturated carbocycles. The Bertz CT molecular complexity index is 505. The quantitative estimate of drug-likeness (QED) is 0.806. The van der Waals surface area contributed by atoms with Crippen LogP contribution in [-0.2, 0) is 4.79 Å². The van der Waals surface area contributed by atoms with Gasteiger partial charge in [-0.2, -0.15) is 10.2 Å². The van der Waals surface area contributed by atoms with Gasteiger partial charge in [-0.1, -0.05) is 18.2 Å². The number of benzene rings is 1.